The van der Waals surface area contributed by atoms with Crippen molar-refractivity contribution >= 4 is 80.2 Å². The smallest absolute Gasteiger partial charge is 0.344 e. The minimum atomic E-state index is -0.874. The molecule has 0 aliphatic carbocycles. The number of carbonyl (C=O) groups is 2. The minimum absolute atomic E-state index is 0.143. The van der Waals surface area contributed by atoms with Crippen molar-refractivity contribution in [3.63, 3.8) is 0 Å². The molecule has 1 aliphatic rings. The Bertz CT molecular complexity index is 2020. The van der Waals surface area contributed by atoms with Gasteiger partial charge in [0, 0.05) is 5.56 Å². The van der Waals surface area contributed by atoms with Gasteiger partial charge in [0.2, 0.25) is 0 Å². The number of fused-ring (bicyclic) bond motifs is 1. The Kier molecular flexibility index (Phi) is 11.4. The van der Waals surface area contributed by atoms with E-state index in [1.165, 1.54) is 23.0 Å². The highest BCUT2D eigenvalue weighted by Gasteiger charge is 2.35. The van der Waals surface area contributed by atoms with Gasteiger partial charge in [0.25, 0.3) is 5.56 Å². The molecule has 10 nitrogen and oxygen atoms in total. The molecular formula is C34H30I2N2O8S. The highest BCUT2D eigenvalue weighted by molar-refractivity contribution is 14.1. The average Bonchev–Trinajstić information content (AvgIpc) is 3.37. The average molecular weight is 880 g/mol. The van der Waals surface area contributed by atoms with Crippen LogP contribution in [0.2, 0.25) is 0 Å². The predicted octanol–water partition coefficient (Wildman–Crippen LogP) is 5.10. The van der Waals surface area contributed by atoms with Crippen LogP contribution in [0.3, 0.4) is 0 Å². The summed E-state index contributed by atoms with van der Waals surface area (Å²) in [5.74, 6) is 0.477. The van der Waals surface area contributed by atoms with Crippen molar-refractivity contribution in [1.82, 2.24) is 4.57 Å². The Labute approximate surface area is 302 Å². The third-order valence-electron chi connectivity index (χ3n) is 7.06. The molecule has 4 aromatic rings. The van der Waals surface area contributed by atoms with Crippen molar-refractivity contribution in [2.24, 2.45) is 4.99 Å². The highest BCUT2D eigenvalue weighted by Crippen LogP contribution is 2.38. The number of methoxy groups -OCH3 is 2. The second-order valence-electron chi connectivity index (χ2n) is 9.95. The number of aromatic nitrogens is 1. The van der Waals surface area contributed by atoms with Crippen molar-refractivity contribution in [2.45, 2.75) is 19.9 Å². The van der Waals surface area contributed by atoms with Gasteiger partial charge in [0.05, 0.1) is 56.4 Å². The molecule has 13 heteroatoms. The Hall–Kier alpha value is -3.70. The van der Waals surface area contributed by atoms with E-state index in [9.17, 15) is 14.4 Å². The van der Waals surface area contributed by atoms with Gasteiger partial charge in [-0.15, -0.1) is 0 Å². The zero-order valence-electron chi connectivity index (χ0n) is 25.9. The van der Waals surface area contributed by atoms with E-state index in [2.05, 4.69) is 45.2 Å². The van der Waals surface area contributed by atoms with Gasteiger partial charge in [0.1, 0.15) is 5.75 Å². The minimum Gasteiger partial charge on any atom is -0.493 e. The summed E-state index contributed by atoms with van der Waals surface area (Å²) in [4.78, 5) is 45.2. The summed E-state index contributed by atoms with van der Waals surface area (Å²) in [5, 5.41) is 0. The summed E-state index contributed by atoms with van der Waals surface area (Å²) in [6.45, 7) is 3.68. The topological polar surface area (TPSA) is 115 Å². The fourth-order valence-electron chi connectivity index (χ4n) is 5.06. The molecule has 5 rings (SSSR count). The van der Waals surface area contributed by atoms with Crippen molar-refractivity contribution in [3.8, 4) is 17.2 Å². The monoisotopic (exact) mass is 880 g/mol. The number of carbonyl (C=O) groups excluding carboxylic acids is 2. The zero-order valence-corrected chi connectivity index (χ0v) is 31.0. The van der Waals surface area contributed by atoms with E-state index in [1.54, 1.807) is 45.2 Å². The molecule has 0 saturated heterocycles. The highest BCUT2D eigenvalue weighted by atomic mass is 127. The maximum absolute atomic E-state index is 14.3. The molecule has 0 saturated carbocycles. The molecule has 2 heterocycles. The molecule has 0 unspecified atom stereocenters. The molecular weight excluding hydrogens is 850 g/mol. The maximum atomic E-state index is 14.3. The van der Waals surface area contributed by atoms with Gasteiger partial charge in [-0.05, 0) is 100 Å². The first kappa shape index (κ1) is 34.6. The zero-order chi connectivity index (χ0) is 33.7. The molecule has 1 aromatic heterocycles. The van der Waals surface area contributed by atoms with Gasteiger partial charge in [0.15, 0.2) is 22.9 Å². The van der Waals surface area contributed by atoms with E-state index in [0.717, 1.165) is 12.7 Å². The molecule has 0 radical (unpaired) electrons. The van der Waals surface area contributed by atoms with Gasteiger partial charge < -0.3 is 23.7 Å². The molecule has 0 N–H and O–H groups in total. The molecule has 47 heavy (non-hydrogen) atoms. The summed E-state index contributed by atoms with van der Waals surface area (Å²) in [5.41, 5.74) is 2.41. The van der Waals surface area contributed by atoms with Gasteiger partial charge in [-0.3, -0.25) is 9.36 Å². The normalized spacial score (nSPS) is 14.3. The lowest BCUT2D eigenvalue weighted by molar-refractivity contribution is -0.145. The van der Waals surface area contributed by atoms with Gasteiger partial charge >= 0.3 is 11.9 Å². The number of hydrogen-bond acceptors (Lipinski definition) is 10. The van der Waals surface area contributed by atoms with E-state index in [0.29, 0.717) is 43.4 Å². The molecule has 244 valence electrons. The van der Waals surface area contributed by atoms with Gasteiger partial charge in [-0.2, -0.15) is 0 Å². The van der Waals surface area contributed by atoms with Crippen LogP contribution in [0.15, 0.2) is 76.0 Å². The third kappa shape index (κ3) is 7.41. The van der Waals surface area contributed by atoms with E-state index in [1.807, 2.05) is 42.5 Å². The lowest BCUT2D eigenvalue weighted by Crippen LogP contribution is -2.40. The number of ether oxygens (including phenoxy) is 5. The van der Waals surface area contributed by atoms with Crippen molar-refractivity contribution in [2.75, 3.05) is 34.0 Å². The summed E-state index contributed by atoms with van der Waals surface area (Å²) >= 11 is 5.50. The number of benzene rings is 3. The summed E-state index contributed by atoms with van der Waals surface area (Å²) in [6, 6.07) is 17.5. The number of hydrogen-bond donors (Lipinski definition) is 0. The third-order valence-corrected chi connectivity index (χ3v) is 9.64. The van der Waals surface area contributed by atoms with Crippen molar-refractivity contribution in [3.05, 3.63) is 110 Å². The molecule has 0 amide bonds. The van der Waals surface area contributed by atoms with Crippen LogP contribution in [0.1, 0.15) is 36.6 Å². The number of rotatable bonds is 11. The van der Waals surface area contributed by atoms with Crippen LogP contribution in [0, 0.1) is 7.14 Å². The van der Waals surface area contributed by atoms with E-state index >= 15 is 0 Å². The van der Waals surface area contributed by atoms with Crippen LogP contribution in [-0.4, -0.2) is 50.5 Å². The van der Waals surface area contributed by atoms with Crippen LogP contribution in [-0.2, 0) is 19.1 Å². The van der Waals surface area contributed by atoms with E-state index < -0.39 is 18.0 Å². The molecule has 0 bridgehead atoms. The number of nitrogens with zero attached hydrogens (tertiary/aromatic N) is 2. The fraction of sp³-hybridized carbons (Fsp3) is 0.235. The number of halogens is 2. The Balaban J connectivity index is 1.71. The Morgan fingerprint density at radius 2 is 1.62 bits per heavy atom. The van der Waals surface area contributed by atoms with Crippen LogP contribution in [0.4, 0.5) is 0 Å². The first-order valence-corrected chi connectivity index (χ1v) is 17.5. The number of thiazole rings is 1. The van der Waals surface area contributed by atoms with Gasteiger partial charge in [-0.1, -0.05) is 47.7 Å². The predicted molar refractivity (Wildman–Crippen MR) is 195 cm³/mol. The number of esters is 2. The maximum Gasteiger partial charge on any atom is 0.344 e. The van der Waals surface area contributed by atoms with Crippen LogP contribution in [0.25, 0.3) is 11.8 Å². The summed E-state index contributed by atoms with van der Waals surface area (Å²) in [6.07, 6.45) is 1.78. The Morgan fingerprint density at radius 1 is 0.936 bits per heavy atom. The summed E-state index contributed by atoms with van der Waals surface area (Å²) in [7, 11) is 3.07. The van der Waals surface area contributed by atoms with E-state index in [-0.39, 0.29) is 31.0 Å². The van der Waals surface area contributed by atoms with Gasteiger partial charge in [-0.25, -0.2) is 14.6 Å². The van der Waals surface area contributed by atoms with Crippen LogP contribution < -0.4 is 29.1 Å². The SMILES string of the molecule is CCOC(=O)COc1c(I)cc(/C=c2\sc3n(c2=O)[C@H](c2ccc(OC)c(OC)c2)C(C(=O)OCC)=C(c2ccccc2)N=3)cc1I. The van der Waals surface area contributed by atoms with Crippen molar-refractivity contribution < 1.29 is 33.3 Å². The lowest BCUT2D eigenvalue weighted by Gasteiger charge is -2.26. The largest absolute Gasteiger partial charge is 0.493 e. The standard InChI is InChI=1S/C34H30I2N2O8S/c1-5-44-27(39)18-46-31-22(35)14-19(15-23(31)36)16-26-32(40)38-30(21-12-13-24(42-3)25(17-21)43-4)28(33(41)45-6-2)29(37-34(38)47-26)20-10-8-7-9-11-20/h7-17,30H,5-6,18H2,1-4H3/b26-16-/t30-/m1/s1. The molecule has 3 aromatic carbocycles. The lowest BCUT2D eigenvalue weighted by atomic mass is 9.93. The van der Waals surface area contributed by atoms with Crippen LogP contribution in [0.5, 0.6) is 17.2 Å². The second kappa shape index (κ2) is 15.5. The first-order chi connectivity index (χ1) is 22.7. The quantitative estimate of drug-likeness (QED) is 0.151. The van der Waals surface area contributed by atoms with Crippen LogP contribution >= 0.6 is 56.5 Å². The van der Waals surface area contributed by atoms with E-state index in [4.69, 9.17) is 28.7 Å². The fourth-order valence-corrected chi connectivity index (χ4v) is 8.19. The van der Waals surface area contributed by atoms with Crippen molar-refractivity contribution in [1.29, 1.82) is 0 Å². The second-order valence-corrected chi connectivity index (χ2v) is 13.3. The Morgan fingerprint density at radius 3 is 2.26 bits per heavy atom. The molecule has 0 spiro atoms. The molecule has 0 fully saturated rings. The molecule has 1 atom stereocenters. The first-order valence-electron chi connectivity index (χ1n) is 14.5. The summed E-state index contributed by atoms with van der Waals surface area (Å²) < 4.78 is 30.8. The molecule has 1 aliphatic heterocycles.